The molecule has 2 atom stereocenters. The Kier molecular flexibility index (Phi) is 3.30. The van der Waals surface area contributed by atoms with Crippen LogP contribution in [0.1, 0.15) is 51.9 Å². The lowest BCUT2D eigenvalue weighted by atomic mass is 9.81. The van der Waals surface area contributed by atoms with Crippen LogP contribution in [0.5, 0.6) is 0 Å². The number of nitrogens with zero attached hydrogens (tertiary/aromatic N) is 1. The van der Waals surface area contributed by atoms with Gasteiger partial charge in [-0.25, -0.2) is 4.79 Å². The third-order valence-corrected chi connectivity index (χ3v) is 5.11. The van der Waals surface area contributed by atoms with Gasteiger partial charge in [0.15, 0.2) is 0 Å². The van der Waals surface area contributed by atoms with Gasteiger partial charge in [-0.2, -0.15) is 0 Å². The van der Waals surface area contributed by atoms with Gasteiger partial charge >= 0.3 is 6.03 Å². The summed E-state index contributed by atoms with van der Waals surface area (Å²) in [6.07, 6.45) is 6.95. The van der Waals surface area contributed by atoms with Crippen LogP contribution in [0.2, 0.25) is 0 Å². The van der Waals surface area contributed by atoms with Crippen LogP contribution in [-0.2, 0) is 9.59 Å². The molecule has 3 aliphatic rings. The molecule has 2 unspecified atom stereocenters. The maximum absolute atomic E-state index is 12.3. The van der Waals surface area contributed by atoms with Crippen molar-refractivity contribution < 1.29 is 14.4 Å². The molecular weight excluding hydrogens is 256 g/mol. The Hall–Kier alpha value is -1.39. The number of carbonyl (C=O) groups is 3. The first-order valence-corrected chi connectivity index (χ1v) is 7.70. The minimum absolute atomic E-state index is 0.268. The van der Waals surface area contributed by atoms with Gasteiger partial charge in [-0.15, -0.1) is 0 Å². The highest BCUT2D eigenvalue weighted by Gasteiger charge is 2.62. The summed E-state index contributed by atoms with van der Waals surface area (Å²) in [5.41, 5.74) is -0.895. The van der Waals surface area contributed by atoms with E-state index in [0.29, 0.717) is 25.3 Å². The van der Waals surface area contributed by atoms with E-state index in [9.17, 15) is 14.4 Å². The van der Waals surface area contributed by atoms with E-state index in [1.807, 2.05) is 0 Å². The summed E-state index contributed by atoms with van der Waals surface area (Å²) >= 11 is 0. The molecule has 0 aromatic carbocycles. The van der Waals surface area contributed by atoms with Crippen molar-refractivity contribution in [2.75, 3.05) is 6.54 Å². The summed E-state index contributed by atoms with van der Waals surface area (Å²) in [7, 11) is 0. The molecule has 3 rings (SSSR count). The smallest absolute Gasteiger partial charge is 0.277 e. The van der Waals surface area contributed by atoms with Gasteiger partial charge in [-0.3, -0.25) is 19.8 Å². The predicted molar refractivity (Wildman–Crippen MR) is 72.7 cm³/mol. The van der Waals surface area contributed by atoms with Crippen molar-refractivity contribution in [3.8, 4) is 0 Å². The van der Waals surface area contributed by atoms with Gasteiger partial charge in [0.2, 0.25) is 11.8 Å². The average molecular weight is 278 g/mol. The fourth-order valence-electron chi connectivity index (χ4n) is 3.63. The van der Waals surface area contributed by atoms with Crippen LogP contribution in [0.3, 0.4) is 0 Å². The molecule has 2 saturated carbocycles. The lowest BCUT2D eigenvalue weighted by Gasteiger charge is -2.32. The molecule has 1 N–H and O–H groups in total. The van der Waals surface area contributed by atoms with Gasteiger partial charge in [0.05, 0.1) is 0 Å². The molecule has 5 nitrogen and oxygen atoms in total. The average Bonchev–Trinajstić information content (AvgIpc) is 3.18. The van der Waals surface area contributed by atoms with E-state index in [4.69, 9.17) is 0 Å². The van der Waals surface area contributed by atoms with E-state index in [1.54, 1.807) is 0 Å². The zero-order valence-corrected chi connectivity index (χ0v) is 12.0. The molecule has 1 aliphatic heterocycles. The van der Waals surface area contributed by atoms with Crippen molar-refractivity contribution in [3.05, 3.63) is 0 Å². The lowest BCUT2D eigenvalue weighted by Crippen LogP contribution is -2.59. The van der Waals surface area contributed by atoms with Crippen molar-refractivity contribution in [2.24, 2.45) is 17.3 Å². The Bertz CT molecular complexity index is 456. The van der Waals surface area contributed by atoms with Crippen molar-refractivity contribution in [1.29, 1.82) is 0 Å². The number of nitrogens with one attached hydrogen (secondary N) is 1. The molecule has 3 fully saturated rings. The van der Waals surface area contributed by atoms with E-state index in [2.05, 4.69) is 12.2 Å². The predicted octanol–water partition coefficient (Wildman–Crippen LogP) is 2.06. The molecule has 110 valence electrons. The maximum Gasteiger partial charge on any atom is 0.330 e. The largest absolute Gasteiger partial charge is 0.330 e. The molecule has 0 radical (unpaired) electrons. The summed E-state index contributed by atoms with van der Waals surface area (Å²) in [5, 5.41) is 2.34. The molecule has 0 aromatic rings. The third kappa shape index (κ3) is 2.23. The van der Waals surface area contributed by atoms with E-state index in [-0.39, 0.29) is 5.91 Å². The molecule has 1 saturated heterocycles. The normalized spacial score (nSPS) is 32.5. The van der Waals surface area contributed by atoms with Crippen LogP contribution in [0.4, 0.5) is 4.79 Å². The van der Waals surface area contributed by atoms with Crippen molar-refractivity contribution in [1.82, 2.24) is 10.2 Å². The standard InChI is InChI=1S/C15H22N2O3/c1-10-3-2-4-11(9-10)5-8-17-13(19)15(6-7-15)12(18)16-14(17)20/h10-11H,2-9H2,1H3,(H,16,18,20). The van der Waals surface area contributed by atoms with E-state index < -0.39 is 17.4 Å². The van der Waals surface area contributed by atoms with Crippen LogP contribution in [0.25, 0.3) is 0 Å². The summed E-state index contributed by atoms with van der Waals surface area (Å²) in [4.78, 5) is 37.1. The van der Waals surface area contributed by atoms with Crippen molar-refractivity contribution in [3.63, 3.8) is 0 Å². The molecule has 2 aliphatic carbocycles. The van der Waals surface area contributed by atoms with Crippen LogP contribution >= 0.6 is 0 Å². The molecule has 1 spiro atoms. The number of carbonyl (C=O) groups excluding carboxylic acids is 3. The van der Waals surface area contributed by atoms with Gasteiger partial charge in [0, 0.05) is 6.54 Å². The van der Waals surface area contributed by atoms with Crippen LogP contribution in [0.15, 0.2) is 0 Å². The number of hydrogen-bond donors (Lipinski definition) is 1. The highest BCUT2D eigenvalue weighted by molar-refractivity contribution is 6.20. The molecule has 0 bridgehead atoms. The molecule has 1 heterocycles. The summed E-state index contributed by atoms with van der Waals surface area (Å²) in [6, 6.07) is -0.526. The number of rotatable bonds is 3. The maximum atomic E-state index is 12.3. The number of urea groups is 1. The zero-order chi connectivity index (χ0) is 14.3. The van der Waals surface area contributed by atoms with Gasteiger partial charge in [-0.05, 0) is 37.5 Å². The van der Waals surface area contributed by atoms with Crippen LogP contribution in [0, 0.1) is 17.3 Å². The Morgan fingerprint density at radius 3 is 2.65 bits per heavy atom. The van der Waals surface area contributed by atoms with Gasteiger partial charge in [-0.1, -0.05) is 26.2 Å². The highest BCUT2D eigenvalue weighted by atomic mass is 16.2. The minimum atomic E-state index is -0.895. The lowest BCUT2D eigenvalue weighted by molar-refractivity contribution is -0.144. The Balaban J connectivity index is 1.60. The monoisotopic (exact) mass is 278 g/mol. The second kappa shape index (κ2) is 4.86. The van der Waals surface area contributed by atoms with E-state index in [0.717, 1.165) is 12.3 Å². The summed E-state index contributed by atoms with van der Waals surface area (Å²) < 4.78 is 0. The summed E-state index contributed by atoms with van der Waals surface area (Å²) in [6.45, 7) is 2.72. The van der Waals surface area contributed by atoms with Crippen molar-refractivity contribution >= 4 is 17.8 Å². The van der Waals surface area contributed by atoms with E-state index in [1.165, 1.54) is 30.6 Å². The number of barbiturate groups is 1. The first kappa shape index (κ1) is 13.6. The molecule has 5 heteroatoms. The Morgan fingerprint density at radius 2 is 2.00 bits per heavy atom. The van der Waals surface area contributed by atoms with Gasteiger partial charge in [0.25, 0.3) is 0 Å². The SMILES string of the molecule is CC1CCCC(CCN2C(=O)NC(=O)C3(CC3)C2=O)C1. The number of amides is 4. The quantitative estimate of drug-likeness (QED) is 0.804. The molecular formula is C15H22N2O3. The fraction of sp³-hybridized carbons (Fsp3) is 0.800. The second-order valence-corrected chi connectivity index (χ2v) is 6.72. The van der Waals surface area contributed by atoms with Gasteiger partial charge in [0.1, 0.15) is 5.41 Å². The Labute approximate surface area is 119 Å². The zero-order valence-electron chi connectivity index (χ0n) is 12.0. The van der Waals surface area contributed by atoms with Crippen LogP contribution < -0.4 is 5.32 Å². The van der Waals surface area contributed by atoms with Crippen molar-refractivity contribution in [2.45, 2.75) is 51.9 Å². The van der Waals surface area contributed by atoms with Gasteiger partial charge < -0.3 is 0 Å². The fourth-order valence-corrected chi connectivity index (χ4v) is 3.63. The second-order valence-electron chi connectivity index (χ2n) is 6.72. The topological polar surface area (TPSA) is 66.5 Å². The molecule has 0 aromatic heterocycles. The Morgan fingerprint density at radius 1 is 1.25 bits per heavy atom. The first-order chi connectivity index (χ1) is 9.53. The van der Waals surface area contributed by atoms with E-state index >= 15 is 0 Å². The molecule has 4 amide bonds. The third-order valence-electron chi connectivity index (χ3n) is 5.11. The number of imide groups is 2. The highest BCUT2D eigenvalue weighted by Crippen LogP contribution is 2.49. The molecule has 20 heavy (non-hydrogen) atoms. The van der Waals surface area contributed by atoms with Crippen LogP contribution in [-0.4, -0.2) is 29.3 Å². The number of hydrogen-bond acceptors (Lipinski definition) is 3. The first-order valence-electron chi connectivity index (χ1n) is 7.70. The summed E-state index contributed by atoms with van der Waals surface area (Å²) in [5.74, 6) is 0.688. The minimum Gasteiger partial charge on any atom is -0.277 e.